The van der Waals surface area contributed by atoms with E-state index in [4.69, 9.17) is 5.11 Å². The van der Waals surface area contributed by atoms with E-state index in [0.717, 1.165) is 0 Å². The molecule has 2 amide bonds. The summed E-state index contributed by atoms with van der Waals surface area (Å²) in [6.07, 6.45) is 2.03. The van der Waals surface area contributed by atoms with Gasteiger partial charge in [0, 0.05) is 34.9 Å². The summed E-state index contributed by atoms with van der Waals surface area (Å²) in [4.78, 5) is 22.6. The second kappa shape index (κ2) is 8.24. The maximum absolute atomic E-state index is 11.8. The van der Waals surface area contributed by atoms with E-state index in [0.29, 0.717) is 12.2 Å². The van der Waals surface area contributed by atoms with E-state index in [2.05, 4.69) is 10.6 Å². The summed E-state index contributed by atoms with van der Waals surface area (Å²) in [6, 6.07) is -1.06. The highest BCUT2D eigenvalue weighted by molar-refractivity contribution is 7.84. The van der Waals surface area contributed by atoms with Crippen LogP contribution in [-0.2, 0) is 15.6 Å². The SMILES string of the molecule is CC(CS(C)=O)NC(=O)NC(CC(=O)O)CC(C)(C)C. The number of carboxylic acids is 1. The highest BCUT2D eigenvalue weighted by Gasteiger charge is 2.23. The first-order valence-corrected chi connectivity index (χ1v) is 8.31. The van der Waals surface area contributed by atoms with Gasteiger partial charge in [-0.2, -0.15) is 0 Å². The molecule has 0 saturated heterocycles. The molecule has 0 fully saturated rings. The maximum Gasteiger partial charge on any atom is 0.315 e. The molecule has 20 heavy (non-hydrogen) atoms. The standard InChI is InChI=1S/C13H26N2O4S/c1-9(8-20(5)19)14-12(18)15-10(6-11(16)17)7-13(2,3)4/h9-10H,6-8H2,1-5H3,(H,16,17)(H2,14,15,18). The quantitative estimate of drug-likeness (QED) is 0.661. The molecule has 0 aromatic heterocycles. The van der Waals surface area contributed by atoms with Crippen molar-refractivity contribution in [3.05, 3.63) is 0 Å². The number of carbonyl (C=O) groups excluding carboxylic acids is 1. The van der Waals surface area contributed by atoms with Crippen LogP contribution in [0.15, 0.2) is 0 Å². The van der Waals surface area contributed by atoms with Crippen LogP contribution in [0.1, 0.15) is 40.5 Å². The average molecular weight is 306 g/mol. The number of hydrogen-bond donors (Lipinski definition) is 3. The van der Waals surface area contributed by atoms with E-state index in [-0.39, 0.29) is 17.9 Å². The Kier molecular flexibility index (Phi) is 7.78. The average Bonchev–Trinajstić information content (AvgIpc) is 2.09. The molecule has 118 valence electrons. The molecule has 0 rings (SSSR count). The van der Waals surface area contributed by atoms with E-state index in [9.17, 15) is 13.8 Å². The number of aliphatic carboxylic acids is 1. The topological polar surface area (TPSA) is 95.5 Å². The van der Waals surface area contributed by atoms with Crippen LogP contribution < -0.4 is 10.6 Å². The van der Waals surface area contributed by atoms with Crippen LogP contribution in [0.3, 0.4) is 0 Å². The van der Waals surface area contributed by atoms with Gasteiger partial charge in [-0.25, -0.2) is 4.79 Å². The Hall–Kier alpha value is -1.11. The van der Waals surface area contributed by atoms with Crippen LogP contribution in [0.5, 0.6) is 0 Å². The van der Waals surface area contributed by atoms with Crippen molar-refractivity contribution in [3.8, 4) is 0 Å². The monoisotopic (exact) mass is 306 g/mol. The van der Waals surface area contributed by atoms with Gasteiger partial charge in [-0.3, -0.25) is 9.00 Å². The smallest absolute Gasteiger partial charge is 0.315 e. The molecule has 0 bridgehead atoms. The number of nitrogens with one attached hydrogen (secondary N) is 2. The molecule has 3 N–H and O–H groups in total. The van der Waals surface area contributed by atoms with Crippen molar-refractivity contribution >= 4 is 22.8 Å². The Morgan fingerprint density at radius 2 is 1.80 bits per heavy atom. The number of amides is 2. The molecule has 0 heterocycles. The Balaban J connectivity index is 4.45. The van der Waals surface area contributed by atoms with E-state index in [1.165, 1.54) is 0 Å². The highest BCUT2D eigenvalue weighted by Crippen LogP contribution is 2.22. The van der Waals surface area contributed by atoms with Gasteiger partial charge in [0.2, 0.25) is 0 Å². The Morgan fingerprint density at radius 3 is 2.20 bits per heavy atom. The fourth-order valence-corrected chi connectivity index (χ4v) is 2.76. The van der Waals surface area contributed by atoms with E-state index in [1.807, 2.05) is 20.8 Å². The second-order valence-electron chi connectivity index (χ2n) is 6.32. The molecule has 0 spiro atoms. The van der Waals surface area contributed by atoms with E-state index < -0.39 is 28.8 Å². The van der Waals surface area contributed by atoms with Gasteiger partial charge in [-0.05, 0) is 18.8 Å². The van der Waals surface area contributed by atoms with Crippen LogP contribution in [0.25, 0.3) is 0 Å². The zero-order chi connectivity index (χ0) is 15.9. The van der Waals surface area contributed by atoms with Crippen molar-refractivity contribution in [1.29, 1.82) is 0 Å². The first-order chi connectivity index (χ1) is 8.99. The summed E-state index contributed by atoms with van der Waals surface area (Å²) >= 11 is 0. The summed E-state index contributed by atoms with van der Waals surface area (Å²) in [5, 5.41) is 14.2. The summed E-state index contributed by atoms with van der Waals surface area (Å²) in [7, 11) is -0.986. The second-order valence-corrected chi connectivity index (χ2v) is 7.80. The van der Waals surface area contributed by atoms with Crippen molar-refractivity contribution in [2.75, 3.05) is 12.0 Å². The van der Waals surface area contributed by atoms with Gasteiger partial charge in [0.25, 0.3) is 0 Å². The molecule has 6 nitrogen and oxygen atoms in total. The molecule has 0 radical (unpaired) electrons. The molecular formula is C13H26N2O4S. The molecule has 7 heteroatoms. The third-order valence-corrected chi connectivity index (χ3v) is 3.45. The predicted molar refractivity (Wildman–Crippen MR) is 80.2 cm³/mol. The Labute approximate surface area is 123 Å². The molecular weight excluding hydrogens is 280 g/mol. The van der Waals surface area contributed by atoms with Crippen molar-refractivity contribution in [2.45, 2.75) is 52.6 Å². The van der Waals surface area contributed by atoms with Crippen LogP contribution in [0.2, 0.25) is 0 Å². The zero-order valence-electron chi connectivity index (χ0n) is 12.9. The largest absolute Gasteiger partial charge is 0.481 e. The molecule has 0 aliphatic heterocycles. The minimum atomic E-state index is -0.986. The van der Waals surface area contributed by atoms with Gasteiger partial charge in [0.1, 0.15) is 0 Å². The highest BCUT2D eigenvalue weighted by atomic mass is 32.2. The fraction of sp³-hybridized carbons (Fsp3) is 0.846. The maximum atomic E-state index is 11.8. The lowest BCUT2D eigenvalue weighted by Gasteiger charge is -2.26. The summed E-state index contributed by atoms with van der Waals surface area (Å²) < 4.78 is 11.1. The number of hydrogen-bond acceptors (Lipinski definition) is 3. The van der Waals surface area contributed by atoms with Crippen molar-refractivity contribution in [3.63, 3.8) is 0 Å². The first-order valence-electron chi connectivity index (χ1n) is 6.58. The Morgan fingerprint density at radius 1 is 1.25 bits per heavy atom. The van der Waals surface area contributed by atoms with Crippen molar-refractivity contribution in [1.82, 2.24) is 10.6 Å². The van der Waals surface area contributed by atoms with Crippen LogP contribution in [-0.4, -0.2) is 45.4 Å². The minimum Gasteiger partial charge on any atom is -0.481 e. The molecule has 3 unspecified atom stereocenters. The van der Waals surface area contributed by atoms with E-state index in [1.54, 1.807) is 13.2 Å². The molecule has 0 aromatic carbocycles. The van der Waals surface area contributed by atoms with Gasteiger partial charge in [0.05, 0.1) is 6.42 Å². The fourth-order valence-electron chi connectivity index (χ4n) is 1.97. The number of carboxylic acid groups (broad SMARTS) is 1. The van der Waals surface area contributed by atoms with Gasteiger partial charge in [-0.1, -0.05) is 20.8 Å². The van der Waals surface area contributed by atoms with Crippen molar-refractivity contribution in [2.24, 2.45) is 5.41 Å². The van der Waals surface area contributed by atoms with Gasteiger partial charge in [-0.15, -0.1) is 0 Å². The van der Waals surface area contributed by atoms with Gasteiger partial charge < -0.3 is 15.7 Å². The third-order valence-electron chi connectivity index (χ3n) is 2.48. The Bertz CT molecular complexity index is 366. The number of urea groups is 1. The van der Waals surface area contributed by atoms with Crippen LogP contribution >= 0.6 is 0 Å². The number of rotatable bonds is 7. The van der Waals surface area contributed by atoms with E-state index >= 15 is 0 Å². The predicted octanol–water partition coefficient (Wildman–Crippen LogP) is 1.33. The zero-order valence-corrected chi connectivity index (χ0v) is 13.7. The third kappa shape index (κ3) is 10.8. The summed E-state index contributed by atoms with van der Waals surface area (Å²) in [5.74, 6) is -0.571. The minimum absolute atomic E-state index is 0.0794. The lowest BCUT2D eigenvalue weighted by molar-refractivity contribution is -0.137. The van der Waals surface area contributed by atoms with Crippen LogP contribution in [0, 0.1) is 5.41 Å². The molecule has 0 aromatic rings. The van der Waals surface area contributed by atoms with Gasteiger partial charge in [0.15, 0.2) is 0 Å². The normalized spacial score (nSPS) is 16.1. The molecule has 0 aliphatic carbocycles. The lowest BCUT2D eigenvalue weighted by atomic mass is 9.87. The molecule has 0 aliphatic rings. The first kappa shape index (κ1) is 18.9. The van der Waals surface area contributed by atoms with Crippen molar-refractivity contribution < 1.29 is 18.9 Å². The van der Waals surface area contributed by atoms with Gasteiger partial charge >= 0.3 is 12.0 Å². The molecule has 3 atom stereocenters. The summed E-state index contributed by atoms with van der Waals surface area (Å²) in [5.41, 5.74) is -0.0794. The number of carbonyl (C=O) groups is 2. The molecule has 0 saturated carbocycles. The summed E-state index contributed by atoms with van der Waals surface area (Å²) in [6.45, 7) is 7.73. The van der Waals surface area contributed by atoms with Crippen LogP contribution in [0.4, 0.5) is 4.79 Å². The lowest BCUT2D eigenvalue weighted by Crippen LogP contribution is -2.48.